The Bertz CT molecular complexity index is 716. The summed E-state index contributed by atoms with van der Waals surface area (Å²) >= 11 is 0. The SMILES string of the molecule is C[C@@H](NC(=O)Nc1ccccn1)N1C(=O)[C@@H]2[C@H](C1=O)[C@H]1C=C[C@H]2CC1. The molecular weight excluding hydrogens is 320 g/mol. The van der Waals surface area contributed by atoms with E-state index in [-0.39, 0.29) is 35.5 Å². The van der Waals surface area contributed by atoms with Crippen LogP contribution in [0.3, 0.4) is 0 Å². The lowest BCUT2D eigenvalue weighted by Crippen LogP contribution is -2.50. The number of aromatic nitrogens is 1. The van der Waals surface area contributed by atoms with E-state index in [0.717, 1.165) is 12.8 Å². The van der Waals surface area contributed by atoms with Crippen LogP contribution in [0.25, 0.3) is 0 Å². The lowest BCUT2D eigenvalue weighted by atomic mass is 9.63. The first kappa shape index (κ1) is 15.8. The monoisotopic (exact) mass is 340 g/mol. The number of allylic oxidation sites excluding steroid dienone is 2. The van der Waals surface area contributed by atoms with Crippen molar-refractivity contribution < 1.29 is 14.4 Å². The van der Waals surface area contributed by atoms with Gasteiger partial charge in [0.1, 0.15) is 12.0 Å². The molecule has 25 heavy (non-hydrogen) atoms. The molecule has 5 rings (SSSR count). The average Bonchev–Trinajstić information content (AvgIpc) is 2.90. The predicted octanol–water partition coefficient (Wildman–Crippen LogP) is 1.75. The Morgan fingerprint density at radius 3 is 2.32 bits per heavy atom. The number of amides is 4. The summed E-state index contributed by atoms with van der Waals surface area (Å²) in [7, 11) is 0. The third kappa shape index (κ3) is 2.59. The van der Waals surface area contributed by atoms with Crippen LogP contribution in [-0.2, 0) is 9.59 Å². The van der Waals surface area contributed by atoms with E-state index in [4.69, 9.17) is 0 Å². The van der Waals surface area contributed by atoms with Gasteiger partial charge >= 0.3 is 6.03 Å². The fourth-order valence-corrected chi connectivity index (χ4v) is 4.32. The second-order valence-corrected chi connectivity index (χ2v) is 6.88. The maximum Gasteiger partial charge on any atom is 0.322 e. The summed E-state index contributed by atoms with van der Waals surface area (Å²) < 4.78 is 0. The molecule has 4 aliphatic rings. The van der Waals surface area contributed by atoms with E-state index < -0.39 is 12.2 Å². The zero-order valence-electron chi connectivity index (χ0n) is 13.9. The lowest BCUT2D eigenvalue weighted by Gasteiger charge is -2.38. The van der Waals surface area contributed by atoms with Crippen LogP contribution in [0.4, 0.5) is 10.6 Å². The smallest absolute Gasteiger partial charge is 0.317 e. The van der Waals surface area contributed by atoms with Crippen molar-refractivity contribution in [1.29, 1.82) is 0 Å². The fraction of sp³-hybridized carbons (Fsp3) is 0.444. The lowest BCUT2D eigenvalue weighted by molar-refractivity contribution is -0.142. The van der Waals surface area contributed by atoms with Gasteiger partial charge in [-0.3, -0.25) is 19.8 Å². The number of nitrogens with zero attached hydrogens (tertiary/aromatic N) is 2. The van der Waals surface area contributed by atoms with Gasteiger partial charge in [-0.25, -0.2) is 9.78 Å². The van der Waals surface area contributed by atoms with Gasteiger partial charge in [0.05, 0.1) is 11.8 Å². The molecule has 2 heterocycles. The standard InChI is InChI=1S/C18H20N4O3/c1-10(20-18(25)21-13-4-2-3-9-19-13)22-16(23)14-11-5-6-12(8-7-11)15(14)17(22)24/h2-6,9-12,14-15H,7-8H2,1H3,(H2,19,20,21,25)/t10-,11-,12-,14-,15+/m0/s1. The van der Waals surface area contributed by atoms with Gasteiger partial charge in [-0.05, 0) is 43.7 Å². The molecule has 0 aromatic carbocycles. The zero-order valence-corrected chi connectivity index (χ0v) is 13.9. The first-order valence-corrected chi connectivity index (χ1v) is 8.60. The van der Waals surface area contributed by atoms with Crippen molar-refractivity contribution >= 4 is 23.7 Å². The molecule has 130 valence electrons. The highest BCUT2D eigenvalue weighted by Gasteiger charge is 2.57. The molecular formula is C18H20N4O3. The quantitative estimate of drug-likeness (QED) is 0.648. The van der Waals surface area contributed by atoms with Gasteiger partial charge in [0, 0.05) is 6.20 Å². The molecule has 2 N–H and O–H groups in total. The van der Waals surface area contributed by atoms with Crippen LogP contribution in [0, 0.1) is 23.7 Å². The molecule has 1 aliphatic heterocycles. The van der Waals surface area contributed by atoms with Crippen molar-refractivity contribution in [3.8, 4) is 0 Å². The third-order valence-corrected chi connectivity index (χ3v) is 5.43. The van der Waals surface area contributed by atoms with Crippen LogP contribution < -0.4 is 10.6 Å². The van der Waals surface area contributed by atoms with Crippen LogP contribution in [0.5, 0.6) is 0 Å². The molecule has 1 aromatic rings. The minimum atomic E-state index is -0.700. The predicted molar refractivity (Wildman–Crippen MR) is 90.0 cm³/mol. The number of imide groups is 1. The Labute approximate surface area is 145 Å². The van der Waals surface area contributed by atoms with Crippen molar-refractivity contribution in [2.45, 2.75) is 25.9 Å². The maximum absolute atomic E-state index is 12.8. The highest BCUT2D eigenvalue weighted by molar-refractivity contribution is 6.06. The maximum atomic E-state index is 12.8. The van der Waals surface area contributed by atoms with Crippen LogP contribution in [0.2, 0.25) is 0 Å². The topological polar surface area (TPSA) is 91.4 Å². The molecule has 1 aromatic heterocycles. The van der Waals surface area contributed by atoms with Crippen LogP contribution >= 0.6 is 0 Å². The molecule has 7 heteroatoms. The van der Waals surface area contributed by atoms with E-state index in [1.165, 1.54) is 4.90 Å². The molecule has 0 radical (unpaired) electrons. The Balaban J connectivity index is 1.46. The summed E-state index contributed by atoms with van der Waals surface area (Å²) in [6.45, 7) is 1.65. The Kier molecular flexibility index (Phi) is 3.78. The number of pyridine rings is 1. The Hall–Kier alpha value is -2.70. The van der Waals surface area contributed by atoms with Gasteiger partial charge in [0.2, 0.25) is 11.8 Å². The van der Waals surface area contributed by atoms with Gasteiger partial charge in [-0.15, -0.1) is 0 Å². The molecule has 2 fully saturated rings. The summed E-state index contributed by atoms with van der Waals surface area (Å²) in [5.74, 6) is -0.169. The first-order chi connectivity index (χ1) is 12.1. The molecule has 2 bridgehead atoms. The number of anilines is 1. The molecule has 3 aliphatic carbocycles. The second kappa shape index (κ2) is 5.98. The zero-order chi connectivity index (χ0) is 17.6. The van der Waals surface area contributed by atoms with E-state index >= 15 is 0 Å². The molecule has 0 spiro atoms. The number of hydrogen-bond donors (Lipinski definition) is 2. The Morgan fingerprint density at radius 2 is 1.80 bits per heavy atom. The van der Waals surface area contributed by atoms with Gasteiger partial charge in [0.25, 0.3) is 0 Å². The van der Waals surface area contributed by atoms with E-state index in [9.17, 15) is 14.4 Å². The highest BCUT2D eigenvalue weighted by Crippen LogP contribution is 2.49. The van der Waals surface area contributed by atoms with Crippen LogP contribution in [0.15, 0.2) is 36.5 Å². The molecule has 0 unspecified atom stereocenters. The van der Waals surface area contributed by atoms with Crippen molar-refractivity contribution in [3.05, 3.63) is 36.5 Å². The third-order valence-electron chi connectivity index (χ3n) is 5.43. The molecule has 1 saturated heterocycles. The molecule has 7 nitrogen and oxygen atoms in total. The summed E-state index contributed by atoms with van der Waals surface area (Å²) in [4.78, 5) is 43.0. The fourth-order valence-electron chi connectivity index (χ4n) is 4.32. The molecule has 1 saturated carbocycles. The molecule has 5 atom stereocenters. The second-order valence-electron chi connectivity index (χ2n) is 6.88. The van der Waals surface area contributed by atoms with Crippen LogP contribution in [-0.4, -0.2) is 33.9 Å². The number of carbonyl (C=O) groups excluding carboxylic acids is 3. The summed E-state index contributed by atoms with van der Waals surface area (Å²) in [5, 5.41) is 5.26. The van der Waals surface area contributed by atoms with Crippen LogP contribution in [0.1, 0.15) is 19.8 Å². The average molecular weight is 340 g/mol. The van der Waals surface area contributed by atoms with Crippen molar-refractivity contribution in [1.82, 2.24) is 15.2 Å². The minimum absolute atomic E-state index is 0.144. The number of nitrogens with one attached hydrogen (secondary N) is 2. The van der Waals surface area contributed by atoms with Gasteiger partial charge in [-0.2, -0.15) is 0 Å². The largest absolute Gasteiger partial charge is 0.322 e. The number of carbonyl (C=O) groups is 3. The van der Waals surface area contributed by atoms with E-state index in [2.05, 4.69) is 27.8 Å². The molecule has 4 amide bonds. The number of rotatable bonds is 3. The summed E-state index contributed by atoms with van der Waals surface area (Å²) in [5.41, 5.74) is 0. The minimum Gasteiger partial charge on any atom is -0.317 e. The number of likely N-dealkylation sites (tertiary alicyclic amines) is 1. The van der Waals surface area contributed by atoms with E-state index in [1.54, 1.807) is 31.3 Å². The highest BCUT2D eigenvalue weighted by atomic mass is 16.2. The van der Waals surface area contributed by atoms with Crippen molar-refractivity contribution in [2.24, 2.45) is 23.7 Å². The number of fused-ring (bicyclic) bond motifs is 1. The van der Waals surface area contributed by atoms with E-state index in [1.807, 2.05) is 0 Å². The van der Waals surface area contributed by atoms with Crippen molar-refractivity contribution in [3.63, 3.8) is 0 Å². The Morgan fingerprint density at radius 1 is 1.16 bits per heavy atom. The normalized spacial score (nSPS) is 31.0. The van der Waals surface area contributed by atoms with Crippen molar-refractivity contribution in [2.75, 3.05) is 5.32 Å². The van der Waals surface area contributed by atoms with Gasteiger partial charge in [-0.1, -0.05) is 18.2 Å². The van der Waals surface area contributed by atoms with E-state index in [0.29, 0.717) is 5.82 Å². The first-order valence-electron chi connectivity index (χ1n) is 8.60. The van der Waals surface area contributed by atoms with Gasteiger partial charge < -0.3 is 5.32 Å². The van der Waals surface area contributed by atoms with Gasteiger partial charge in [0.15, 0.2) is 0 Å². The number of hydrogen-bond acceptors (Lipinski definition) is 4. The summed E-state index contributed by atoms with van der Waals surface area (Å²) in [6, 6.07) is 4.67. The summed E-state index contributed by atoms with van der Waals surface area (Å²) in [6.07, 6.45) is 6.94. The number of urea groups is 1.